The number of carbonyl (C=O) groups excluding carboxylic acids is 3. The molecular formula is C32H40BrN5O5. The number of hydrogen-bond acceptors (Lipinski definition) is 6. The number of piperazine rings is 1. The Hall–Kier alpha value is -2.73. The number of nitrogens with one attached hydrogen (secondary N) is 2. The van der Waals surface area contributed by atoms with Crippen molar-refractivity contribution in [1.82, 2.24) is 25.0 Å². The summed E-state index contributed by atoms with van der Waals surface area (Å²) < 4.78 is 7.43. The van der Waals surface area contributed by atoms with Gasteiger partial charge < -0.3 is 20.3 Å². The first-order valence-electron chi connectivity index (χ1n) is 15.5. The fourth-order valence-corrected chi connectivity index (χ4v) is 8.72. The second-order valence-corrected chi connectivity index (χ2v) is 14.5. The predicted molar refractivity (Wildman–Crippen MR) is 164 cm³/mol. The highest BCUT2D eigenvalue weighted by molar-refractivity contribution is 9.10. The van der Waals surface area contributed by atoms with Gasteiger partial charge in [0.1, 0.15) is 12.1 Å². The van der Waals surface area contributed by atoms with E-state index >= 15 is 0 Å². The Morgan fingerprint density at radius 3 is 2.74 bits per heavy atom. The van der Waals surface area contributed by atoms with E-state index < -0.39 is 41.5 Å². The standard InChI is InChI=1S/C32H40BrN5O5/c1-16(2)12-24-29(40)37-11-7-10-25(37)32(42)38(24)30(41)31(43-32,17(3)4)35-28(39)18-13-20-19-8-6-9-22-26(19)21(27(33)34-22)14-23(20)36(5)15-18/h6,8-9,13,16-18,23-25,34,42H,7,10-12,14-15H2,1-5H3,(H,35,39)/t18?,23-,24+,25+,31-,32+/m1/s1. The molecule has 230 valence electrons. The summed E-state index contributed by atoms with van der Waals surface area (Å²) in [6, 6.07) is 4.76. The van der Waals surface area contributed by atoms with Crippen molar-refractivity contribution in [1.29, 1.82) is 0 Å². The summed E-state index contributed by atoms with van der Waals surface area (Å²) >= 11 is 3.70. The number of H-pyrrole nitrogens is 1. The molecule has 43 heavy (non-hydrogen) atoms. The van der Waals surface area contributed by atoms with Crippen molar-refractivity contribution in [3.05, 3.63) is 40.0 Å². The molecule has 3 fully saturated rings. The van der Waals surface area contributed by atoms with Gasteiger partial charge in [-0.25, -0.2) is 0 Å². The number of hydrogen-bond donors (Lipinski definition) is 3. The van der Waals surface area contributed by atoms with E-state index in [1.165, 1.54) is 15.8 Å². The van der Waals surface area contributed by atoms with Gasteiger partial charge in [0.05, 0.1) is 10.5 Å². The van der Waals surface area contributed by atoms with Crippen LogP contribution in [0.5, 0.6) is 0 Å². The number of fused-ring (bicyclic) bond motifs is 5. The zero-order chi connectivity index (χ0) is 30.6. The fourth-order valence-electron chi connectivity index (χ4n) is 8.15. The molecule has 3 amide bonds. The number of nitrogens with zero attached hydrogens (tertiary/aromatic N) is 3. The summed E-state index contributed by atoms with van der Waals surface area (Å²) in [6.45, 7) is 8.57. The van der Waals surface area contributed by atoms with Crippen LogP contribution in [0, 0.1) is 17.8 Å². The van der Waals surface area contributed by atoms with Crippen molar-refractivity contribution >= 4 is 50.1 Å². The van der Waals surface area contributed by atoms with Crippen molar-refractivity contribution in [2.45, 2.75) is 83.1 Å². The van der Waals surface area contributed by atoms with Crippen LogP contribution in [-0.2, 0) is 25.5 Å². The van der Waals surface area contributed by atoms with Gasteiger partial charge in [-0.15, -0.1) is 0 Å². The van der Waals surface area contributed by atoms with Gasteiger partial charge in [-0.3, -0.25) is 28.9 Å². The lowest BCUT2D eigenvalue weighted by atomic mass is 9.79. The molecule has 6 atom stereocenters. The Labute approximate surface area is 259 Å². The molecule has 3 N–H and O–H groups in total. The Kier molecular flexibility index (Phi) is 6.67. The molecule has 1 unspecified atom stereocenters. The Balaban J connectivity index is 1.25. The van der Waals surface area contributed by atoms with Gasteiger partial charge in [-0.05, 0) is 77.3 Å². The molecule has 11 heteroatoms. The smallest absolute Gasteiger partial charge is 0.281 e. The summed E-state index contributed by atoms with van der Waals surface area (Å²) in [4.78, 5) is 50.8. The number of carbonyl (C=O) groups is 3. The maximum absolute atomic E-state index is 14.4. The number of benzene rings is 1. The minimum absolute atomic E-state index is 0.104. The van der Waals surface area contributed by atoms with Crippen LogP contribution in [0.2, 0.25) is 0 Å². The van der Waals surface area contributed by atoms with Crippen LogP contribution in [0.25, 0.3) is 16.5 Å². The molecule has 5 heterocycles. The third kappa shape index (κ3) is 4.04. The van der Waals surface area contributed by atoms with Gasteiger partial charge in [0.25, 0.3) is 11.8 Å². The lowest BCUT2D eigenvalue weighted by Crippen LogP contribution is -2.71. The van der Waals surface area contributed by atoms with E-state index in [0.29, 0.717) is 25.9 Å². The number of ether oxygens (including phenoxy) is 1. The summed E-state index contributed by atoms with van der Waals surface area (Å²) in [7, 11) is 2.03. The monoisotopic (exact) mass is 653 g/mol. The summed E-state index contributed by atoms with van der Waals surface area (Å²) in [5.41, 5.74) is 2.68. The largest absolute Gasteiger partial charge is 0.349 e. The lowest BCUT2D eigenvalue weighted by Gasteiger charge is -2.49. The van der Waals surface area contributed by atoms with Gasteiger partial charge in [0.2, 0.25) is 17.5 Å². The number of rotatable bonds is 5. The first-order valence-corrected chi connectivity index (χ1v) is 16.3. The third-order valence-electron chi connectivity index (χ3n) is 10.3. The van der Waals surface area contributed by atoms with E-state index in [-0.39, 0.29) is 23.8 Å². The third-order valence-corrected chi connectivity index (χ3v) is 10.9. The lowest BCUT2D eigenvalue weighted by molar-refractivity contribution is -0.322. The van der Waals surface area contributed by atoms with Crippen LogP contribution in [0.3, 0.4) is 0 Å². The number of amides is 3. The van der Waals surface area contributed by atoms with E-state index in [0.717, 1.165) is 34.1 Å². The number of likely N-dealkylation sites (N-methyl/N-ethyl adjacent to an activating group) is 1. The minimum Gasteiger partial charge on any atom is -0.349 e. The van der Waals surface area contributed by atoms with Crippen LogP contribution in [-0.4, -0.2) is 92.4 Å². The van der Waals surface area contributed by atoms with Crippen molar-refractivity contribution in [3.63, 3.8) is 0 Å². The highest BCUT2D eigenvalue weighted by Gasteiger charge is 2.72. The van der Waals surface area contributed by atoms with Gasteiger partial charge >= 0.3 is 0 Å². The van der Waals surface area contributed by atoms with Crippen molar-refractivity contribution < 1.29 is 24.2 Å². The van der Waals surface area contributed by atoms with Gasteiger partial charge in [0.15, 0.2) is 0 Å². The molecule has 0 radical (unpaired) electrons. The number of halogens is 1. The SMILES string of the molecule is CC(C)C[C@H]1C(=O)N2CCC[C@H]2[C@]2(O)O[C@](NC(=O)C3C=C4c5cccc6[nH]c(Br)c(c56)C[C@H]4N(C)C3)(C(C)C)C(=O)N12. The van der Waals surface area contributed by atoms with Crippen LogP contribution in [0.1, 0.15) is 58.1 Å². The van der Waals surface area contributed by atoms with Crippen molar-refractivity contribution in [3.8, 4) is 0 Å². The highest BCUT2D eigenvalue weighted by atomic mass is 79.9. The van der Waals surface area contributed by atoms with Crippen LogP contribution in [0.4, 0.5) is 0 Å². The Morgan fingerprint density at radius 2 is 2.02 bits per heavy atom. The van der Waals surface area contributed by atoms with Gasteiger partial charge in [-0.1, -0.05) is 45.9 Å². The van der Waals surface area contributed by atoms with E-state index in [1.807, 2.05) is 33.0 Å². The highest BCUT2D eigenvalue weighted by Crippen LogP contribution is 2.49. The second-order valence-electron chi connectivity index (χ2n) is 13.7. The normalized spacial score (nSPS) is 33.7. The summed E-state index contributed by atoms with van der Waals surface area (Å²) in [5, 5.41) is 16.3. The quantitative estimate of drug-likeness (QED) is 0.456. The zero-order valence-electron chi connectivity index (χ0n) is 25.3. The molecule has 1 aliphatic carbocycles. The Morgan fingerprint density at radius 1 is 1.26 bits per heavy atom. The number of aliphatic hydroxyl groups is 1. The van der Waals surface area contributed by atoms with Gasteiger partial charge in [0, 0.05) is 36.0 Å². The van der Waals surface area contributed by atoms with Crippen LogP contribution >= 0.6 is 15.9 Å². The zero-order valence-corrected chi connectivity index (χ0v) is 26.9. The first-order chi connectivity index (χ1) is 20.4. The molecular weight excluding hydrogens is 614 g/mol. The number of aromatic amines is 1. The van der Waals surface area contributed by atoms with E-state index in [2.05, 4.69) is 43.3 Å². The molecule has 2 aromatic rings. The topological polar surface area (TPSA) is 118 Å². The predicted octanol–water partition coefficient (Wildman–Crippen LogP) is 3.19. The fraction of sp³-hybridized carbons (Fsp3) is 0.594. The van der Waals surface area contributed by atoms with Crippen LogP contribution in [0.15, 0.2) is 28.9 Å². The van der Waals surface area contributed by atoms with E-state index in [9.17, 15) is 19.5 Å². The second kappa shape index (κ2) is 9.89. The Bertz CT molecular complexity index is 1570. The molecule has 0 saturated carbocycles. The molecule has 1 aromatic carbocycles. The first kappa shape index (κ1) is 29.0. The molecule has 3 saturated heterocycles. The van der Waals surface area contributed by atoms with E-state index in [1.54, 1.807) is 18.7 Å². The maximum atomic E-state index is 14.4. The molecule has 10 nitrogen and oxygen atoms in total. The molecule has 7 rings (SSSR count). The van der Waals surface area contributed by atoms with Gasteiger partial charge in [-0.2, -0.15) is 0 Å². The van der Waals surface area contributed by atoms with Crippen molar-refractivity contribution in [2.24, 2.45) is 17.8 Å². The van der Waals surface area contributed by atoms with Crippen molar-refractivity contribution in [2.75, 3.05) is 20.1 Å². The summed E-state index contributed by atoms with van der Waals surface area (Å²) in [5.74, 6) is -4.01. The molecule has 0 spiro atoms. The maximum Gasteiger partial charge on any atom is 0.281 e. The van der Waals surface area contributed by atoms with E-state index in [4.69, 9.17) is 4.74 Å². The molecule has 1 aromatic heterocycles. The molecule has 4 aliphatic heterocycles. The average molecular weight is 655 g/mol. The molecule has 0 bridgehead atoms. The number of aromatic nitrogens is 1. The summed E-state index contributed by atoms with van der Waals surface area (Å²) in [6.07, 6.45) is 4.49. The minimum atomic E-state index is -2.01. The van der Waals surface area contributed by atoms with Crippen LogP contribution < -0.4 is 5.32 Å². The molecule has 5 aliphatic rings. The average Bonchev–Trinajstić information content (AvgIpc) is 3.63.